The Bertz CT molecular complexity index is 1580. The van der Waals surface area contributed by atoms with Gasteiger partial charge in [-0.05, 0) is 50.1 Å². The first kappa shape index (κ1) is 26.0. The number of hydrogen-bond acceptors (Lipinski definition) is 6. The molecule has 0 radical (unpaired) electrons. The van der Waals surface area contributed by atoms with Gasteiger partial charge in [-0.1, -0.05) is 54.6 Å². The van der Waals surface area contributed by atoms with Crippen molar-refractivity contribution < 1.29 is 19.1 Å². The summed E-state index contributed by atoms with van der Waals surface area (Å²) in [4.78, 5) is 28.5. The monoisotopic (exact) mass is 554 g/mol. The maximum Gasteiger partial charge on any atom is 0.240 e. The molecule has 4 aromatic rings. The number of aromatic nitrogens is 2. The second-order valence-corrected chi connectivity index (χ2v) is 11.2. The molecule has 2 aliphatic heterocycles. The van der Waals surface area contributed by atoms with Crippen LogP contribution in [0.15, 0.2) is 72.8 Å². The summed E-state index contributed by atoms with van der Waals surface area (Å²) in [5.41, 5.74) is 5.39. The van der Waals surface area contributed by atoms with E-state index in [1.165, 1.54) is 11.8 Å². The van der Waals surface area contributed by atoms with Crippen molar-refractivity contribution in [3.05, 3.63) is 89.5 Å². The molecule has 0 spiro atoms. The molecule has 40 heavy (non-hydrogen) atoms. The van der Waals surface area contributed by atoms with Gasteiger partial charge in [-0.3, -0.25) is 14.5 Å². The first-order chi connectivity index (χ1) is 19.4. The van der Waals surface area contributed by atoms with E-state index in [4.69, 9.17) is 14.6 Å². The molecule has 1 aromatic heterocycles. The molecule has 8 nitrogen and oxygen atoms in total. The number of amides is 2. The van der Waals surface area contributed by atoms with Gasteiger partial charge in [-0.25, -0.2) is 4.68 Å². The number of benzene rings is 3. The summed E-state index contributed by atoms with van der Waals surface area (Å²) < 4.78 is 13.1. The smallest absolute Gasteiger partial charge is 0.240 e. The van der Waals surface area contributed by atoms with Crippen molar-refractivity contribution in [1.29, 1.82) is 0 Å². The van der Waals surface area contributed by atoms with Crippen LogP contribution >= 0.6 is 11.8 Å². The van der Waals surface area contributed by atoms with Gasteiger partial charge in [-0.15, -0.1) is 11.8 Å². The standard InChI is InChI=1S/C31H30N4O4S/c1-19(2)32-26(36)16-34-27(37)17-40-30(22-13-14-24-25(15-22)39-18-38-24)28-29(21-10-5-4-6-11-21)33-35(31(28)34)23-12-8-7-9-20(23)3/h4-15,19,30H,16-18H2,1-3H3,(H,32,36). The zero-order valence-corrected chi connectivity index (χ0v) is 23.4. The number of fused-ring (bicyclic) bond motifs is 2. The number of hydrogen-bond donors (Lipinski definition) is 1. The van der Waals surface area contributed by atoms with Gasteiger partial charge in [0.25, 0.3) is 0 Å². The van der Waals surface area contributed by atoms with Crippen molar-refractivity contribution in [3.63, 3.8) is 0 Å². The molecule has 0 saturated heterocycles. The Hall–Kier alpha value is -4.24. The van der Waals surface area contributed by atoms with Gasteiger partial charge < -0.3 is 14.8 Å². The number of carbonyl (C=O) groups excluding carboxylic acids is 2. The molecule has 0 saturated carbocycles. The largest absolute Gasteiger partial charge is 0.454 e. The number of rotatable bonds is 6. The lowest BCUT2D eigenvalue weighted by molar-refractivity contribution is -0.123. The molecule has 3 aromatic carbocycles. The Morgan fingerprint density at radius 2 is 1.80 bits per heavy atom. The maximum atomic E-state index is 13.8. The normalized spacial score (nSPS) is 16.1. The fourth-order valence-corrected chi connectivity index (χ4v) is 6.34. The molecule has 2 aliphatic rings. The summed E-state index contributed by atoms with van der Waals surface area (Å²) in [6, 6.07) is 23.8. The van der Waals surface area contributed by atoms with E-state index in [1.807, 2.05) is 98.2 Å². The molecule has 0 aliphatic carbocycles. The minimum absolute atomic E-state index is 0.0500. The summed E-state index contributed by atoms with van der Waals surface area (Å²) in [7, 11) is 0. The first-order valence-electron chi connectivity index (χ1n) is 13.3. The highest BCUT2D eigenvalue weighted by Crippen LogP contribution is 2.50. The molecular formula is C31H30N4O4S. The van der Waals surface area contributed by atoms with Gasteiger partial charge >= 0.3 is 0 Å². The molecular weight excluding hydrogens is 524 g/mol. The predicted molar refractivity (Wildman–Crippen MR) is 156 cm³/mol. The van der Waals surface area contributed by atoms with E-state index in [0.29, 0.717) is 17.3 Å². The summed E-state index contributed by atoms with van der Waals surface area (Å²) in [6.45, 7) is 5.90. The number of nitrogens with zero attached hydrogens (tertiary/aromatic N) is 3. The average Bonchev–Trinajstić information content (AvgIpc) is 3.54. The third-order valence-corrected chi connectivity index (χ3v) is 8.19. The van der Waals surface area contributed by atoms with E-state index in [0.717, 1.165) is 33.6 Å². The summed E-state index contributed by atoms with van der Waals surface area (Å²) >= 11 is 1.53. The summed E-state index contributed by atoms with van der Waals surface area (Å²) in [5.74, 6) is 1.80. The van der Waals surface area contributed by atoms with E-state index >= 15 is 0 Å². The highest BCUT2D eigenvalue weighted by atomic mass is 32.2. The Labute approximate surface area is 237 Å². The van der Waals surface area contributed by atoms with Crippen LogP contribution in [0.5, 0.6) is 11.5 Å². The Kier molecular flexibility index (Phi) is 6.98. The summed E-state index contributed by atoms with van der Waals surface area (Å²) in [6.07, 6.45) is 0. The molecule has 204 valence electrons. The lowest BCUT2D eigenvalue weighted by Gasteiger charge is -2.24. The van der Waals surface area contributed by atoms with Crippen molar-refractivity contribution in [1.82, 2.24) is 15.1 Å². The number of ether oxygens (including phenoxy) is 2. The quantitative estimate of drug-likeness (QED) is 0.350. The average molecular weight is 555 g/mol. The van der Waals surface area contributed by atoms with Gasteiger partial charge in [-0.2, -0.15) is 5.10 Å². The van der Waals surface area contributed by atoms with Crippen LogP contribution in [-0.2, 0) is 9.59 Å². The van der Waals surface area contributed by atoms with Gasteiger partial charge in [0.1, 0.15) is 12.4 Å². The highest BCUT2D eigenvalue weighted by Gasteiger charge is 2.38. The fraction of sp³-hybridized carbons (Fsp3) is 0.258. The Balaban J connectivity index is 1.62. The van der Waals surface area contributed by atoms with E-state index in [-0.39, 0.29) is 42.2 Å². The lowest BCUT2D eigenvalue weighted by atomic mass is 9.99. The van der Waals surface area contributed by atoms with Crippen LogP contribution in [0.3, 0.4) is 0 Å². The van der Waals surface area contributed by atoms with Gasteiger partial charge in [0, 0.05) is 17.2 Å². The van der Waals surface area contributed by atoms with E-state index in [1.54, 1.807) is 4.90 Å². The third-order valence-electron chi connectivity index (χ3n) is 6.93. The fourth-order valence-electron chi connectivity index (χ4n) is 5.15. The molecule has 0 fully saturated rings. The highest BCUT2D eigenvalue weighted by molar-refractivity contribution is 8.00. The van der Waals surface area contributed by atoms with Crippen molar-refractivity contribution in [2.45, 2.75) is 32.1 Å². The Morgan fingerprint density at radius 1 is 1.05 bits per heavy atom. The molecule has 1 atom stereocenters. The SMILES string of the molecule is Cc1ccccc1-n1nc(-c2ccccc2)c2c1N(CC(=O)NC(C)C)C(=O)CSC2c1ccc2c(c1)OCO2. The van der Waals surface area contributed by atoms with Gasteiger partial charge in [0.2, 0.25) is 18.6 Å². The van der Waals surface area contributed by atoms with Crippen molar-refractivity contribution >= 4 is 29.4 Å². The number of para-hydroxylation sites is 1. The minimum Gasteiger partial charge on any atom is -0.454 e. The molecule has 1 unspecified atom stereocenters. The molecule has 3 heterocycles. The van der Waals surface area contributed by atoms with Crippen LogP contribution in [0.25, 0.3) is 16.9 Å². The number of aryl methyl sites for hydroxylation is 1. The molecule has 9 heteroatoms. The second-order valence-electron chi connectivity index (χ2n) is 10.2. The topological polar surface area (TPSA) is 85.7 Å². The maximum absolute atomic E-state index is 13.8. The molecule has 2 amide bonds. The zero-order valence-electron chi connectivity index (χ0n) is 22.6. The second kappa shape index (κ2) is 10.7. The number of thioether (sulfide) groups is 1. The third kappa shape index (κ3) is 4.81. The van der Waals surface area contributed by atoms with Crippen molar-refractivity contribution in [2.24, 2.45) is 0 Å². The van der Waals surface area contributed by atoms with Crippen LogP contribution in [-0.4, -0.2) is 46.7 Å². The van der Waals surface area contributed by atoms with Crippen LogP contribution in [0, 0.1) is 6.92 Å². The van der Waals surface area contributed by atoms with E-state index in [9.17, 15) is 9.59 Å². The predicted octanol–water partition coefficient (Wildman–Crippen LogP) is 5.27. The van der Waals surface area contributed by atoms with Crippen LogP contribution < -0.4 is 19.7 Å². The number of nitrogens with one attached hydrogen (secondary N) is 1. The Morgan fingerprint density at radius 3 is 2.58 bits per heavy atom. The van der Waals surface area contributed by atoms with Gasteiger partial charge in [0.05, 0.1) is 22.4 Å². The van der Waals surface area contributed by atoms with Crippen LogP contribution in [0.1, 0.15) is 35.8 Å². The van der Waals surface area contributed by atoms with Crippen molar-refractivity contribution in [2.75, 3.05) is 24.0 Å². The van der Waals surface area contributed by atoms with E-state index < -0.39 is 0 Å². The van der Waals surface area contributed by atoms with Crippen molar-refractivity contribution in [3.8, 4) is 28.4 Å². The molecule has 0 bridgehead atoms. The number of carbonyl (C=O) groups is 2. The minimum atomic E-state index is -0.250. The van der Waals surface area contributed by atoms with Crippen LogP contribution in [0.2, 0.25) is 0 Å². The molecule has 6 rings (SSSR count). The first-order valence-corrected chi connectivity index (χ1v) is 14.3. The lowest BCUT2D eigenvalue weighted by Crippen LogP contribution is -2.44. The molecule has 1 N–H and O–H groups in total. The van der Waals surface area contributed by atoms with E-state index in [2.05, 4.69) is 5.32 Å². The van der Waals surface area contributed by atoms with Crippen LogP contribution in [0.4, 0.5) is 5.82 Å². The summed E-state index contributed by atoms with van der Waals surface area (Å²) in [5, 5.41) is 7.85. The zero-order chi connectivity index (χ0) is 27.8. The van der Waals surface area contributed by atoms with Gasteiger partial charge in [0.15, 0.2) is 11.5 Å². The number of anilines is 1.